The normalized spacial score (nSPS) is 5.09. The van der Waals surface area contributed by atoms with Crippen molar-refractivity contribution in [3.63, 3.8) is 0 Å². The van der Waals surface area contributed by atoms with Crippen LogP contribution in [0.25, 0.3) is 0 Å². The van der Waals surface area contributed by atoms with Gasteiger partial charge in [-0.05, 0) is 61.2 Å². The van der Waals surface area contributed by atoms with Crippen molar-refractivity contribution in [2.75, 3.05) is 13.1 Å². The lowest BCUT2D eigenvalue weighted by Crippen LogP contribution is -2.15. The van der Waals surface area contributed by atoms with E-state index in [4.69, 9.17) is 6.42 Å². The summed E-state index contributed by atoms with van der Waals surface area (Å²) in [5, 5.41) is 0. The number of rotatable bonds is 2. The van der Waals surface area contributed by atoms with Crippen molar-refractivity contribution in [3.8, 4) is 107 Å². The Labute approximate surface area is 139 Å². The van der Waals surface area contributed by atoms with Crippen LogP contribution in [0.15, 0.2) is 0 Å². The molecule has 1 heteroatoms. The minimum absolute atomic E-state index is 0.869. The summed E-state index contributed by atoms with van der Waals surface area (Å²) >= 11 is 0. The van der Waals surface area contributed by atoms with Gasteiger partial charge >= 0.3 is 0 Å². The highest BCUT2D eigenvalue weighted by molar-refractivity contribution is 5.46. The summed E-state index contributed by atoms with van der Waals surface area (Å²) in [6, 6.07) is 2.91. The summed E-state index contributed by atoms with van der Waals surface area (Å²) in [6.07, 6.45) is 4.91. The third-order valence-electron chi connectivity index (χ3n) is 1.92. The molecule has 0 rings (SSSR count). The zero-order chi connectivity index (χ0) is 17.0. The van der Waals surface area contributed by atoms with Gasteiger partial charge in [-0.3, -0.25) is 0 Å². The Bertz CT molecular complexity index is 937. The molecule has 0 aliphatic rings. The van der Waals surface area contributed by atoms with Crippen molar-refractivity contribution >= 4 is 0 Å². The smallest absolute Gasteiger partial charge is 0.0232 e. The van der Waals surface area contributed by atoms with Gasteiger partial charge in [0.2, 0.25) is 0 Å². The molecule has 1 nitrogen and oxygen atoms in total. The molecular formula is C22H11N. The Kier molecular flexibility index (Phi) is 13.0. The molecule has 0 aliphatic heterocycles. The molecule has 0 aromatic rings. The molecule has 0 aliphatic carbocycles. The van der Waals surface area contributed by atoms with Crippen molar-refractivity contribution in [2.45, 2.75) is 13.8 Å². The lowest BCUT2D eigenvalue weighted by Gasteiger charge is -2.09. The van der Waals surface area contributed by atoms with Crippen LogP contribution in [0.1, 0.15) is 13.8 Å². The molecule has 0 heterocycles. The van der Waals surface area contributed by atoms with Gasteiger partial charge in [-0.1, -0.05) is 0 Å². The minimum atomic E-state index is 0.869. The summed E-state index contributed by atoms with van der Waals surface area (Å²) in [5.74, 6) is 39.9. The van der Waals surface area contributed by atoms with E-state index < -0.39 is 0 Å². The maximum Gasteiger partial charge on any atom is 0.0232 e. The van der Waals surface area contributed by atoms with E-state index >= 15 is 0 Å². The number of nitrogens with zero attached hydrogens (tertiary/aromatic N) is 1. The van der Waals surface area contributed by atoms with Crippen molar-refractivity contribution in [1.82, 2.24) is 4.90 Å². The number of hydrogen-bond acceptors (Lipinski definition) is 1. The van der Waals surface area contributed by atoms with Gasteiger partial charge in [0.25, 0.3) is 0 Å². The Morgan fingerprint density at radius 2 is 0.826 bits per heavy atom. The summed E-state index contributed by atoms with van der Waals surface area (Å²) < 4.78 is 0. The molecular weight excluding hydrogens is 278 g/mol. The van der Waals surface area contributed by atoms with Crippen LogP contribution in [0.5, 0.6) is 0 Å². The Balaban J connectivity index is 4.38. The van der Waals surface area contributed by atoms with E-state index in [1.54, 1.807) is 0 Å². The van der Waals surface area contributed by atoms with Crippen LogP contribution in [0.3, 0.4) is 0 Å². The van der Waals surface area contributed by atoms with Crippen LogP contribution in [0, 0.1) is 107 Å². The van der Waals surface area contributed by atoms with Crippen molar-refractivity contribution in [1.29, 1.82) is 0 Å². The summed E-state index contributed by atoms with van der Waals surface area (Å²) in [7, 11) is 0. The van der Waals surface area contributed by atoms with E-state index in [1.165, 1.54) is 0 Å². The van der Waals surface area contributed by atoms with Crippen LogP contribution in [0.4, 0.5) is 0 Å². The monoisotopic (exact) mass is 289 g/mol. The van der Waals surface area contributed by atoms with Gasteiger partial charge < -0.3 is 4.90 Å². The van der Waals surface area contributed by atoms with E-state index in [0.717, 1.165) is 13.1 Å². The average Bonchev–Trinajstić information content (AvgIpc) is 2.58. The lowest BCUT2D eigenvalue weighted by atomic mass is 10.5. The predicted octanol–water partition coefficient (Wildman–Crippen LogP) is 0.946. The van der Waals surface area contributed by atoms with Gasteiger partial charge in [-0.2, -0.15) is 0 Å². The first-order valence-corrected chi connectivity index (χ1v) is 6.56. The molecule has 0 saturated carbocycles. The van der Waals surface area contributed by atoms with E-state index in [0.29, 0.717) is 0 Å². The Morgan fingerprint density at radius 1 is 0.522 bits per heavy atom. The molecule has 0 bridgehead atoms. The fraction of sp³-hybridized carbons (Fsp3) is 0.182. The van der Waals surface area contributed by atoms with E-state index in [2.05, 4.69) is 101 Å². The predicted molar refractivity (Wildman–Crippen MR) is 94.0 cm³/mol. The second-order valence-electron chi connectivity index (χ2n) is 3.30. The van der Waals surface area contributed by atoms with Gasteiger partial charge in [0.15, 0.2) is 0 Å². The Morgan fingerprint density at radius 3 is 1.13 bits per heavy atom. The van der Waals surface area contributed by atoms with Crippen LogP contribution in [-0.2, 0) is 0 Å². The van der Waals surface area contributed by atoms with Crippen LogP contribution >= 0.6 is 0 Å². The van der Waals surface area contributed by atoms with Gasteiger partial charge in [-0.15, -0.1) is 6.42 Å². The molecule has 23 heavy (non-hydrogen) atoms. The highest BCUT2D eigenvalue weighted by Crippen LogP contribution is 1.80. The molecule has 104 valence electrons. The first-order valence-electron chi connectivity index (χ1n) is 6.56. The molecule has 0 fully saturated rings. The maximum absolute atomic E-state index is 4.91. The van der Waals surface area contributed by atoms with E-state index in [9.17, 15) is 0 Å². The summed E-state index contributed by atoms with van der Waals surface area (Å²) in [6.45, 7) is 5.81. The van der Waals surface area contributed by atoms with Crippen molar-refractivity contribution < 1.29 is 0 Å². The summed E-state index contributed by atoms with van der Waals surface area (Å²) in [4.78, 5) is 1.95. The van der Waals surface area contributed by atoms with Gasteiger partial charge in [-0.25, -0.2) is 0 Å². The van der Waals surface area contributed by atoms with E-state index in [-0.39, 0.29) is 0 Å². The zero-order valence-corrected chi connectivity index (χ0v) is 12.9. The first-order chi connectivity index (χ1) is 11.3. The summed E-state index contributed by atoms with van der Waals surface area (Å²) in [5.41, 5.74) is 0. The van der Waals surface area contributed by atoms with Crippen molar-refractivity contribution in [2.24, 2.45) is 0 Å². The lowest BCUT2D eigenvalue weighted by molar-refractivity contribution is 0.444. The molecule has 0 radical (unpaired) electrons. The SMILES string of the molecule is C#CC#CC#CC#CC#CC#CC#CC#CC#CN(CC)CC. The molecule has 0 saturated heterocycles. The average molecular weight is 289 g/mol. The molecule has 0 atom stereocenters. The molecule has 0 spiro atoms. The van der Waals surface area contributed by atoms with Gasteiger partial charge in [0.05, 0.1) is 0 Å². The zero-order valence-electron chi connectivity index (χ0n) is 12.9. The van der Waals surface area contributed by atoms with Crippen molar-refractivity contribution in [3.05, 3.63) is 0 Å². The molecule has 0 aromatic heterocycles. The minimum Gasteiger partial charge on any atom is -0.332 e. The highest BCUT2D eigenvalue weighted by Gasteiger charge is 1.85. The Hall–Kier alpha value is -4.16. The van der Waals surface area contributed by atoms with Crippen LogP contribution in [-0.4, -0.2) is 18.0 Å². The largest absolute Gasteiger partial charge is 0.332 e. The fourth-order valence-corrected chi connectivity index (χ4v) is 0.931. The maximum atomic E-state index is 4.91. The van der Waals surface area contributed by atoms with Gasteiger partial charge in [0, 0.05) is 66.5 Å². The molecule has 0 N–H and O–H groups in total. The first kappa shape index (κ1) is 18.8. The number of hydrogen-bond donors (Lipinski definition) is 0. The molecule has 0 amide bonds. The second kappa shape index (κ2) is 15.9. The third-order valence-corrected chi connectivity index (χ3v) is 1.92. The standard InChI is InChI=1S/C22H11N/c1-4-7-8-9-10-11-12-13-14-15-16-17-18-19-20-21-22-23(5-2)6-3/h1H,5-6H2,2-3H3. The topological polar surface area (TPSA) is 3.24 Å². The molecule has 0 unspecified atom stereocenters. The quantitative estimate of drug-likeness (QED) is 0.540. The van der Waals surface area contributed by atoms with E-state index in [1.807, 2.05) is 18.7 Å². The number of terminal acetylenes is 1. The third kappa shape index (κ3) is 14.1. The molecule has 0 aromatic carbocycles. The fourth-order valence-electron chi connectivity index (χ4n) is 0.931. The highest BCUT2D eigenvalue weighted by atomic mass is 15.1. The second-order valence-corrected chi connectivity index (χ2v) is 3.30. The van der Waals surface area contributed by atoms with Gasteiger partial charge in [0.1, 0.15) is 0 Å². The van der Waals surface area contributed by atoms with Crippen LogP contribution < -0.4 is 0 Å². The van der Waals surface area contributed by atoms with Crippen LogP contribution in [0.2, 0.25) is 0 Å².